The van der Waals surface area contributed by atoms with Crippen LogP contribution in [0.2, 0.25) is 0 Å². The summed E-state index contributed by atoms with van der Waals surface area (Å²) < 4.78 is 8.93. The number of furan rings is 1. The summed E-state index contributed by atoms with van der Waals surface area (Å²) in [5, 5.41) is 4.89. The van der Waals surface area contributed by atoms with E-state index in [0.717, 1.165) is 21.9 Å². The van der Waals surface area contributed by atoms with E-state index in [-0.39, 0.29) is 0 Å². The molecule has 10 aromatic rings. The number of hydrogen-bond donors (Lipinski definition) is 0. The molecular weight excluding hydrogens is 625 g/mol. The Hall–Kier alpha value is -6.22. The predicted molar refractivity (Wildman–Crippen MR) is 213 cm³/mol. The van der Waals surface area contributed by atoms with Gasteiger partial charge < -0.3 is 4.42 Å². The number of hydrogen-bond acceptors (Lipinski definition) is 2. The summed E-state index contributed by atoms with van der Waals surface area (Å²) in [4.78, 5) is 0. The standard InChI is InChI=1S/C48H28OS/c1-2-12-33-32(11-1)34-13-3-4-15-36(34)43-28-31(29-22-24-47-42(25-29)38-17-8-10-20-46(38)50-47)27-40(48(43)39-18-6-5-14-35(33)39)30-21-23-45-41(26-30)37-16-7-9-19-44(37)49-45/h1-28H. The van der Waals surface area contributed by atoms with Gasteiger partial charge in [0.05, 0.1) is 0 Å². The van der Waals surface area contributed by atoms with Crippen LogP contribution in [0.3, 0.4) is 0 Å². The van der Waals surface area contributed by atoms with Gasteiger partial charge in [0.2, 0.25) is 0 Å². The van der Waals surface area contributed by atoms with Crippen LogP contribution in [-0.2, 0) is 0 Å². The van der Waals surface area contributed by atoms with Gasteiger partial charge in [-0.25, -0.2) is 0 Å². The van der Waals surface area contributed by atoms with Crippen molar-refractivity contribution in [3.05, 3.63) is 170 Å². The van der Waals surface area contributed by atoms with Crippen molar-refractivity contribution in [3.63, 3.8) is 0 Å². The second-order valence-electron chi connectivity index (χ2n) is 13.2. The zero-order valence-electron chi connectivity index (χ0n) is 27.0. The smallest absolute Gasteiger partial charge is 0.135 e. The molecule has 0 radical (unpaired) electrons. The normalized spacial score (nSPS) is 12.0. The van der Waals surface area contributed by atoms with Gasteiger partial charge in [0.1, 0.15) is 11.2 Å². The molecule has 1 aliphatic rings. The van der Waals surface area contributed by atoms with Crippen LogP contribution in [0.15, 0.2) is 174 Å². The van der Waals surface area contributed by atoms with Gasteiger partial charge in [-0.2, -0.15) is 0 Å². The summed E-state index contributed by atoms with van der Waals surface area (Å²) in [6.07, 6.45) is 0. The summed E-state index contributed by atoms with van der Waals surface area (Å²) in [6.45, 7) is 0. The Bertz CT molecular complexity index is 2990. The fourth-order valence-electron chi connectivity index (χ4n) is 8.18. The number of benzene rings is 8. The van der Waals surface area contributed by atoms with Gasteiger partial charge in [0, 0.05) is 30.9 Å². The third-order valence-corrected chi connectivity index (χ3v) is 11.6. The Kier molecular flexibility index (Phi) is 5.89. The van der Waals surface area contributed by atoms with Crippen molar-refractivity contribution in [2.24, 2.45) is 0 Å². The Morgan fingerprint density at radius 2 is 0.820 bits per heavy atom. The van der Waals surface area contributed by atoms with Crippen LogP contribution in [0.1, 0.15) is 0 Å². The molecule has 2 aromatic heterocycles. The number of fused-ring (bicyclic) bond motifs is 14. The second kappa shape index (κ2) is 10.6. The molecule has 0 spiro atoms. The van der Waals surface area contributed by atoms with E-state index < -0.39 is 0 Å². The lowest BCUT2D eigenvalue weighted by molar-refractivity contribution is 0.669. The quantitative estimate of drug-likeness (QED) is 0.181. The molecule has 0 fully saturated rings. The molecule has 1 aliphatic carbocycles. The SMILES string of the molecule is c1ccc2c(c1)-c1ccccc1-c1cc(-c3ccc4sc5ccccc5c4c3)cc(-c3ccc4oc5ccccc5c4c3)c1-c1ccccc1-2. The van der Waals surface area contributed by atoms with Gasteiger partial charge in [-0.3, -0.25) is 0 Å². The maximum absolute atomic E-state index is 6.30. The average molecular weight is 653 g/mol. The molecule has 232 valence electrons. The predicted octanol–water partition coefficient (Wildman–Crippen LogP) is 14.3. The van der Waals surface area contributed by atoms with Crippen molar-refractivity contribution in [2.75, 3.05) is 0 Å². The summed E-state index contributed by atoms with van der Waals surface area (Å²) >= 11 is 1.86. The van der Waals surface area contributed by atoms with Crippen molar-refractivity contribution in [1.29, 1.82) is 0 Å². The number of thiophene rings is 1. The summed E-state index contributed by atoms with van der Waals surface area (Å²) in [6, 6.07) is 62.4. The highest BCUT2D eigenvalue weighted by atomic mass is 32.1. The van der Waals surface area contributed by atoms with E-state index in [2.05, 4.69) is 164 Å². The van der Waals surface area contributed by atoms with Crippen molar-refractivity contribution in [1.82, 2.24) is 0 Å². The first-order valence-electron chi connectivity index (χ1n) is 17.1. The van der Waals surface area contributed by atoms with Crippen LogP contribution >= 0.6 is 11.3 Å². The Balaban J connectivity index is 1.28. The Labute approximate surface area is 293 Å². The molecule has 0 amide bonds. The first-order chi connectivity index (χ1) is 24.8. The highest BCUT2D eigenvalue weighted by Gasteiger charge is 2.25. The van der Waals surface area contributed by atoms with E-state index >= 15 is 0 Å². The van der Waals surface area contributed by atoms with Gasteiger partial charge in [0.25, 0.3) is 0 Å². The van der Waals surface area contributed by atoms with Crippen molar-refractivity contribution in [2.45, 2.75) is 0 Å². The molecule has 1 nitrogen and oxygen atoms in total. The van der Waals surface area contributed by atoms with Crippen LogP contribution in [0.4, 0.5) is 0 Å². The van der Waals surface area contributed by atoms with Crippen LogP contribution in [0, 0.1) is 0 Å². The lowest BCUT2D eigenvalue weighted by Gasteiger charge is -2.26. The molecule has 0 bridgehead atoms. The highest BCUT2D eigenvalue weighted by Crippen LogP contribution is 2.52. The number of rotatable bonds is 2. The monoisotopic (exact) mass is 652 g/mol. The minimum atomic E-state index is 0.906. The summed E-state index contributed by atoms with van der Waals surface area (Å²) in [5.74, 6) is 0. The number of para-hydroxylation sites is 1. The molecule has 2 heteroatoms. The Morgan fingerprint density at radius 3 is 1.58 bits per heavy atom. The lowest BCUT2D eigenvalue weighted by atomic mass is 9.77. The molecule has 2 heterocycles. The van der Waals surface area contributed by atoms with E-state index in [1.165, 1.54) is 86.9 Å². The first-order valence-corrected chi connectivity index (χ1v) is 17.9. The van der Waals surface area contributed by atoms with Crippen LogP contribution in [-0.4, -0.2) is 0 Å². The molecule has 0 atom stereocenters. The highest BCUT2D eigenvalue weighted by molar-refractivity contribution is 7.25. The van der Waals surface area contributed by atoms with Crippen molar-refractivity contribution >= 4 is 53.4 Å². The van der Waals surface area contributed by atoms with Crippen molar-refractivity contribution in [3.8, 4) is 66.8 Å². The third-order valence-electron chi connectivity index (χ3n) is 10.5. The average Bonchev–Trinajstić information content (AvgIpc) is 3.74. The minimum absolute atomic E-state index is 0.906. The zero-order chi connectivity index (χ0) is 32.8. The van der Waals surface area contributed by atoms with E-state index in [4.69, 9.17) is 4.42 Å². The molecular formula is C48H28OS. The van der Waals surface area contributed by atoms with Crippen LogP contribution in [0.5, 0.6) is 0 Å². The fraction of sp³-hybridized carbons (Fsp3) is 0. The van der Waals surface area contributed by atoms with Crippen molar-refractivity contribution < 1.29 is 4.42 Å². The van der Waals surface area contributed by atoms with E-state index in [1.54, 1.807) is 0 Å². The first kappa shape index (κ1) is 27.7. The molecule has 0 unspecified atom stereocenters. The summed E-state index contributed by atoms with van der Waals surface area (Å²) in [7, 11) is 0. The van der Waals surface area contributed by atoms with Gasteiger partial charge in [-0.05, 0) is 115 Å². The van der Waals surface area contributed by atoms with Gasteiger partial charge >= 0.3 is 0 Å². The zero-order valence-corrected chi connectivity index (χ0v) is 27.8. The fourth-order valence-corrected chi connectivity index (χ4v) is 9.27. The largest absolute Gasteiger partial charge is 0.456 e. The second-order valence-corrected chi connectivity index (χ2v) is 14.3. The van der Waals surface area contributed by atoms with E-state index in [9.17, 15) is 0 Å². The molecule has 11 rings (SSSR count). The molecule has 0 N–H and O–H groups in total. The molecule has 8 aromatic carbocycles. The lowest BCUT2D eigenvalue weighted by Crippen LogP contribution is -1.99. The Morgan fingerprint density at radius 1 is 0.300 bits per heavy atom. The van der Waals surface area contributed by atoms with Gasteiger partial charge in [-0.1, -0.05) is 121 Å². The van der Waals surface area contributed by atoms with Crippen LogP contribution < -0.4 is 0 Å². The summed E-state index contributed by atoms with van der Waals surface area (Å²) in [5.41, 5.74) is 16.6. The van der Waals surface area contributed by atoms with E-state index in [1.807, 2.05) is 17.4 Å². The molecule has 50 heavy (non-hydrogen) atoms. The minimum Gasteiger partial charge on any atom is -0.456 e. The molecule has 0 saturated carbocycles. The van der Waals surface area contributed by atoms with Gasteiger partial charge in [0.15, 0.2) is 0 Å². The maximum Gasteiger partial charge on any atom is 0.135 e. The van der Waals surface area contributed by atoms with Crippen LogP contribution in [0.25, 0.3) is 109 Å². The molecule has 0 aliphatic heterocycles. The maximum atomic E-state index is 6.30. The van der Waals surface area contributed by atoms with Gasteiger partial charge in [-0.15, -0.1) is 11.3 Å². The molecule has 0 saturated heterocycles. The third kappa shape index (κ3) is 4.06. The topological polar surface area (TPSA) is 13.1 Å². The van der Waals surface area contributed by atoms with E-state index in [0.29, 0.717) is 0 Å².